The fourth-order valence-corrected chi connectivity index (χ4v) is 2.65. The zero-order valence-corrected chi connectivity index (χ0v) is 13.5. The van der Waals surface area contributed by atoms with Crippen LogP contribution in [0.2, 0.25) is 0 Å². The molecule has 1 heterocycles. The zero-order chi connectivity index (χ0) is 16.8. The van der Waals surface area contributed by atoms with Gasteiger partial charge in [0.1, 0.15) is 11.5 Å². The minimum atomic E-state index is -0.580. The van der Waals surface area contributed by atoms with Crippen LogP contribution in [0, 0.1) is 5.92 Å². The average Bonchev–Trinajstić information content (AvgIpc) is 2.61. The van der Waals surface area contributed by atoms with Crippen molar-refractivity contribution in [3.8, 4) is 11.5 Å². The highest BCUT2D eigenvalue weighted by atomic mass is 16.5. The smallest absolute Gasteiger partial charge is 0.263 e. The number of hydrogen-bond donors (Lipinski definition) is 2. The van der Waals surface area contributed by atoms with Gasteiger partial charge in [-0.15, -0.1) is 0 Å². The lowest BCUT2D eigenvalue weighted by atomic mass is 9.96. The number of piperidine rings is 1. The van der Waals surface area contributed by atoms with Gasteiger partial charge < -0.3 is 14.4 Å². The second kappa shape index (κ2) is 7.82. The molecule has 2 rings (SSSR count). The average molecular weight is 321 g/mol. The van der Waals surface area contributed by atoms with Crippen LogP contribution in [0.5, 0.6) is 11.5 Å². The number of hydrazine groups is 1. The number of carbonyl (C=O) groups excluding carboxylic acids is 2. The Bertz CT molecular complexity index is 539. The van der Waals surface area contributed by atoms with Crippen LogP contribution in [0.15, 0.2) is 24.3 Å². The summed E-state index contributed by atoms with van der Waals surface area (Å²) in [6.45, 7) is 2.80. The van der Waals surface area contributed by atoms with Crippen LogP contribution in [-0.4, -0.2) is 43.0 Å². The molecule has 2 amide bonds. The number of nitrogens with two attached hydrogens (primary N) is 1. The second-order valence-corrected chi connectivity index (χ2v) is 5.54. The highest BCUT2D eigenvalue weighted by Crippen LogP contribution is 2.21. The number of nitrogens with one attached hydrogen (secondary N) is 1. The van der Waals surface area contributed by atoms with Crippen molar-refractivity contribution < 1.29 is 19.1 Å². The van der Waals surface area contributed by atoms with Gasteiger partial charge in [0.15, 0.2) is 6.10 Å². The Morgan fingerprint density at radius 1 is 1.22 bits per heavy atom. The molecule has 7 nitrogen and oxygen atoms in total. The molecule has 0 saturated carbocycles. The van der Waals surface area contributed by atoms with E-state index in [9.17, 15) is 9.59 Å². The van der Waals surface area contributed by atoms with Gasteiger partial charge in [-0.1, -0.05) is 0 Å². The molecule has 3 N–H and O–H groups in total. The van der Waals surface area contributed by atoms with Crippen molar-refractivity contribution in [1.29, 1.82) is 0 Å². The molecule has 1 unspecified atom stereocenters. The summed E-state index contributed by atoms with van der Waals surface area (Å²) in [4.78, 5) is 25.6. The molecule has 1 aromatic carbocycles. The molecule has 0 radical (unpaired) electrons. The largest absolute Gasteiger partial charge is 0.497 e. The molecular formula is C16H23N3O4. The van der Waals surface area contributed by atoms with Crippen molar-refractivity contribution in [2.45, 2.75) is 25.9 Å². The molecule has 0 aliphatic carbocycles. The monoisotopic (exact) mass is 321 g/mol. The Morgan fingerprint density at radius 2 is 1.78 bits per heavy atom. The van der Waals surface area contributed by atoms with Gasteiger partial charge in [0, 0.05) is 19.0 Å². The fourth-order valence-electron chi connectivity index (χ4n) is 2.65. The molecule has 1 saturated heterocycles. The number of likely N-dealkylation sites (tertiary alicyclic amines) is 1. The van der Waals surface area contributed by atoms with E-state index in [1.807, 2.05) is 0 Å². The molecule has 23 heavy (non-hydrogen) atoms. The predicted molar refractivity (Wildman–Crippen MR) is 84.7 cm³/mol. The first-order valence-corrected chi connectivity index (χ1v) is 7.65. The number of hydrogen-bond acceptors (Lipinski definition) is 5. The van der Waals surface area contributed by atoms with Crippen molar-refractivity contribution in [3.63, 3.8) is 0 Å². The lowest BCUT2D eigenvalue weighted by molar-refractivity contribution is -0.141. The maximum atomic E-state index is 12.4. The van der Waals surface area contributed by atoms with Crippen molar-refractivity contribution in [2.24, 2.45) is 11.8 Å². The minimum absolute atomic E-state index is 0.0765. The third kappa shape index (κ3) is 4.35. The van der Waals surface area contributed by atoms with Crippen LogP contribution in [0.1, 0.15) is 19.8 Å². The maximum absolute atomic E-state index is 12.4. The molecule has 1 aliphatic rings. The van der Waals surface area contributed by atoms with Crippen molar-refractivity contribution in [1.82, 2.24) is 10.3 Å². The summed E-state index contributed by atoms with van der Waals surface area (Å²) in [5, 5.41) is 0. The van der Waals surface area contributed by atoms with Crippen LogP contribution in [0.4, 0.5) is 0 Å². The van der Waals surface area contributed by atoms with E-state index in [4.69, 9.17) is 15.3 Å². The second-order valence-electron chi connectivity index (χ2n) is 5.54. The van der Waals surface area contributed by atoms with E-state index < -0.39 is 6.10 Å². The Balaban J connectivity index is 1.86. The highest BCUT2D eigenvalue weighted by molar-refractivity contribution is 5.82. The standard InChI is InChI=1S/C16H23N3O4/c1-11(23-14-5-3-13(22-2)4-6-14)16(21)19-9-7-12(8-10-19)15(20)18-17/h3-6,11-12H,7-10,17H2,1-2H3,(H,18,20). The molecular weight excluding hydrogens is 298 g/mol. The Kier molecular flexibility index (Phi) is 5.81. The van der Waals surface area contributed by atoms with Gasteiger partial charge in [-0.25, -0.2) is 5.84 Å². The van der Waals surface area contributed by atoms with Crippen molar-refractivity contribution in [3.05, 3.63) is 24.3 Å². The lowest BCUT2D eigenvalue weighted by Gasteiger charge is -2.32. The number of ether oxygens (including phenoxy) is 2. The number of nitrogens with zero attached hydrogens (tertiary/aromatic N) is 1. The summed E-state index contributed by atoms with van der Waals surface area (Å²) in [6, 6.07) is 7.09. The molecule has 1 atom stereocenters. The maximum Gasteiger partial charge on any atom is 0.263 e. The van der Waals surface area contributed by atoms with Gasteiger partial charge >= 0.3 is 0 Å². The van der Waals surface area contributed by atoms with Crippen LogP contribution >= 0.6 is 0 Å². The van der Waals surface area contributed by atoms with Gasteiger partial charge in [-0.05, 0) is 44.0 Å². The fraction of sp³-hybridized carbons (Fsp3) is 0.500. The molecule has 126 valence electrons. The van der Waals surface area contributed by atoms with Crippen LogP contribution in [-0.2, 0) is 9.59 Å². The Morgan fingerprint density at radius 3 is 2.30 bits per heavy atom. The lowest BCUT2D eigenvalue weighted by Crippen LogP contribution is -2.47. The summed E-state index contributed by atoms with van der Waals surface area (Å²) in [5.74, 6) is 6.12. The first-order chi connectivity index (χ1) is 11.0. The minimum Gasteiger partial charge on any atom is -0.497 e. The third-order valence-electron chi connectivity index (χ3n) is 4.04. The Labute approximate surface area is 135 Å². The third-order valence-corrected chi connectivity index (χ3v) is 4.04. The van der Waals surface area contributed by atoms with E-state index in [0.717, 1.165) is 5.75 Å². The van der Waals surface area contributed by atoms with E-state index in [2.05, 4.69) is 5.43 Å². The summed E-state index contributed by atoms with van der Waals surface area (Å²) < 4.78 is 10.8. The molecule has 0 bridgehead atoms. The summed E-state index contributed by atoms with van der Waals surface area (Å²) in [7, 11) is 1.59. The van der Waals surface area contributed by atoms with Gasteiger partial charge in [0.2, 0.25) is 5.91 Å². The zero-order valence-electron chi connectivity index (χ0n) is 13.5. The number of amides is 2. The molecule has 0 aromatic heterocycles. The molecule has 1 aliphatic heterocycles. The molecule has 7 heteroatoms. The number of methoxy groups -OCH3 is 1. The summed E-state index contributed by atoms with van der Waals surface area (Å²) in [5.41, 5.74) is 2.17. The van der Waals surface area contributed by atoms with Crippen molar-refractivity contribution in [2.75, 3.05) is 20.2 Å². The quantitative estimate of drug-likeness (QED) is 0.473. The topological polar surface area (TPSA) is 93.9 Å². The number of benzene rings is 1. The Hall–Kier alpha value is -2.28. The van der Waals surface area contributed by atoms with Gasteiger partial charge in [-0.2, -0.15) is 0 Å². The van der Waals surface area contributed by atoms with E-state index >= 15 is 0 Å². The normalized spacial score (nSPS) is 16.6. The molecule has 1 aromatic rings. The first kappa shape index (κ1) is 17.1. The number of carbonyl (C=O) groups is 2. The van der Waals surface area contributed by atoms with E-state index in [-0.39, 0.29) is 17.7 Å². The van der Waals surface area contributed by atoms with E-state index in [0.29, 0.717) is 31.7 Å². The van der Waals surface area contributed by atoms with Crippen LogP contribution in [0.3, 0.4) is 0 Å². The summed E-state index contributed by atoms with van der Waals surface area (Å²) in [6.07, 6.45) is 0.650. The van der Waals surface area contributed by atoms with Crippen LogP contribution < -0.4 is 20.7 Å². The predicted octanol–water partition coefficient (Wildman–Crippen LogP) is 0.691. The SMILES string of the molecule is COc1ccc(OC(C)C(=O)N2CCC(C(=O)NN)CC2)cc1. The first-order valence-electron chi connectivity index (χ1n) is 7.65. The van der Waals surface area contributed by atoms with Crippen LogP contribution in [0.25, 0.3) is 0 Å². The van der Waals surface area contributed by atoms with E-state index in [1.54, 1.807) is 43.2 Å². The van der Waals surface area contributed by atoms with Gasteiger partial charge in [0.05, 0.1) is 7.11 Å². The highest BCUT2D eigenvalue weighted by Gasteiger charge is 2.29. The van der Waals surface area contributed by atoms with Gasteiger partial charge in [0.25, 0.3) is 5.91 Å². The summed E-state index contributed by atoms with van der Waals surface area (Å²) >= 11 is 0. The number of rotatable bonds is 5. The van der Waals surface area contributed by atoms with Crippen molar-refractivity contribution >= 4 is 11.8 Å². The van der Waals surface area contributed by atoms with E-state index in [1.165, 1.54) is 0 Å². The van der Waals surface area contributed by atoms with Gasteiger partial charge in [-0.3, -0.25) is 15.0 Å². The molecule has 1 fully saturated rings. The molecule has 0 spiro atoms.